The Hall–Kier alpha value is -1.29. The molecule has 0 aliphatic heterocycles. The summed E-state index contributed by atoms with van der Waals surface area (Å²) in [5.41, 5.74) is 1.09. The van der Waals surface area contributed by atoms with Crippen molar-refractivity contribution in [1.82, 2.24) is 5.32 Å². The van der Waals surface area contributed by atoms with E-state index in [4.69, 9.17) is 0 Å². The first kappa shape index (κ1) is 11.8. The number of hydrogen-bond acceptors (Lipinski definition) is 2. The van der Waals surface area contributed by atoms with Crippen molar-refractivity contribution in [2.45, 2.75) is 12.8 Å². The second-order valence-corrected chi connectivity index (χ2v) is 3.25. The molecule has 0 atom stereocenters. The summed E-state index contributed by atoms with van der Waals surface area (Å²) in [6, 6.07) is 6.29. The molecule has 0 unspecified atom stereocenters. The standard InChI is InChI=1S/C11H13F2NO/c1-14-7-10(15)9-4-2-8(3-5-9)6-11(12)13/h2-5,11,14H,6-7H2,1H3. The Bertz CT molecular complexity index is 322. The Balaban J connectivity index is 2.67. The number of likely N-dealkylation sites (N-methyl/N-ethyl adjacent to an activating group) is 1. The molecule has 82 valence electrons. The van der Waals surface area contributed by atoms with Crippen LogP contribution in [0, 0.1) is 0 Å². The summed E-state index contributed by atoms with van der Waals surface area (Å²) >= 11 is 0. The Labute approximate surface area is 87.3 Å². The van der Waals surface area contributed by atoms with Gasteiger partial charge in [-0.25, -0.2) is 8.78 Å². The van der Waals surface area contributed by atoms with Crippen LogP contribution >= 0.6 is 0 Å². The molecule has 1 aromatic rings. The van der Waals surface area contributed by atoms with E-state index in [0.717, 1.165) is 0 Å². The number of carbonyl (C=O) groups excluding carboxylic acids is 1. The van der Waals surface area contributed by atoms with E-state index in [1.807, 2.05) is 0 Å². The van der Waals surface area contributed by atoms with Crippen molar-refractivity contribution in [2.75, 3.05) is 13.6 Å². The van der Waals surface area contributed by atoms with Gasteiger partial charge in [-0.15, -0.1) is 0 Å². The second-order valence-electron chi connectivity index (χ2n) is 3.25. The first-order chi connectivity index (χ1) is 7.13. The zero-order chi connectivity index (χ0) is 11.3. The number of alkyl halides is 2. The van der Waals surface area contributed by atoms with Crippen LogP contribution in [0.4, 0.5) is 8.78 Å². The first-order valence-electron chi connectivity index (χ1n) is 4.68. The lowest BCUT2D eigenvalue weighted by Crippen LogP contribution is -2.18. The third-order valence-electron chi connectivity index (χ3n) is 2.00. The highest BCUT2D eigenvalue weighted by Gasteiger charge is 2.06. The smallest absolute Gasteiger partial charge is 0.242 e. The Morgan fingerprint density at radius 3 is 2.40 bits per heavy atom. The fourth-order valence-electron chi connectivity index (χ4n) is 1.27. The molecule has 0 aliphatic rings. The van der Waals surface area contributed by atoms with E-state index in [-0.39, 0.29) is 18.7 Å². The summed E-state index contributed by atoms with van der Waals surface area (Å²) in [5, 5.41) is 2.74. The maximum atomic E-state index is 12.0. The Morgan fingerprint density at radius 2 is 1.93 bits per heavy atom. The van der Waals surface area contributed by atoms with Crippen molar-refractivity contribution < 1.29 is 13.6 Å². The number of carbonyl (C=O) groups is 1. The van der Waals surface area contributed by atoms with Crippen molar-refractivity contribution in [3.63, 3.8) is 0 Å². The highest BCUT2D eigenvalue weighted by atomic mass is 19.3. The van der Waals surface area contributed by atoms with E-state index in [1.165, 1.54) is 0 Å². The van der Waals surface area contributed by atoms with Gasteiger partial charge in [-0.05, 0) is 12.6 Å². The molecule has 0 heterocycles. The highest BCUT2D eigenvalue weighted by Crippen LogP contribution is 2.09. The lowest BCUT2D eigenvalue weighted by molar-refractivity contribution is 0.0993. The minimum Gasteiger partial charge on any atom is -0.313 e. The van der Waals surface area contributed by atoms with Gasteiger partial charge in [-0.1, -0.05) is 24.3 Å². The van der Waals surface area contributed by atoms with Crippen LogP contribution < -0.4 is 5.32 Å². The SMILES string of the molecule is CNCC(=O)c1ccc(CC(F)F)cc1. The van der Waals surface area contributed by atoms with Gasteiger partial charge in [0.2, 0.25) is 6.43 Å². The van der Waals surface area contributed by atoms with Gasteiger partial charge in [0.05, 0.1) is 6.54 Å². The summed E-state index contributed by atoms with van der Waals surface area (Å²) in [6.07, 6.45) is -2.61. The van der Waals surface area contributed by atoms with Crippen molar-refractivity contribution >= 4 is 5.78 Å². The molecular formula is C11H13F2NO. The van der Waals surface area contributed by atoms with Gasteiger partial charge in [-0.3, -0.25) is 4.79 Å². The van der Waals surface area contributed by atoms with E-state index in [9.17, 15) is 13.6 Å². The molecule has 0 spiro atoms. The quantitative estimate of drug-likeness (QED) is 0.757. The second kappa shape index (κ2) is 5.56. The Kier molecular flexibility index (Phi) is 4.37. The van der Waals surface area contributed by atoms with Crippen LogP contribution in [0.3, 0.4) is 0 Å². The van der Waals surface area contributed by atoms with Crippen molar-refractivity contribution in [1.29, 1.82) is 0 Å². The predicted octanol–water partition coefficient (Wildman–Crippen LogP) is 1.90. The van der Waals surface area contributed by atoms with Crippen molar-refractivity contribution in [3.05, 3.63) is 35.4 Å². The van der Waals surface area contributed by atoms with E-state index >= 15 is 0 Å². The number of hydrogen-bond donors (Lipinski definition) is 1. The zero-order valence-corrected chi connectivity index (χ0v) is 8.47. The lowest BCUT2D eigenvalue weighted by Gasteiger charge is -2.03. The molecule has 4 heteroatoms. The fourth-order valence-corrected chi connectivity index (χ4v) is 1.27. The van der Waals surface area contributed by atoms with Crippen LogP contribution in [0.25, 0.3) is 0 Å². The summed E-state index contributed by atoms with van der Waals surface area (Å²) in [7, 11) is 1.68. The van der Waals surface area contributed by atoms with Crippen LogP contribution in [0.15, 0.2) is 24.3 Å². The van der Waals surface area contributed by atoms with Gasteiger partial charge < -0.3 is 5.32 Å². The number of Topliss-reactive ketones (excluding diaryl/α,β-unsaturated/α-hetero) is 1. The van der Waals surface area contributed by atoms with Crippen LogP contribution in [0.5, 0.6) is 0 Å². The predicted molar refractivity (Wildman–Crippen MR) is 54.4 cm³/mol. The Morgan fingerprint density at radius 1 is 1.33 bits per heavy atom. The van der Waals surface area contributed by atoms with E-state index in [0.29, 0.717) is 11.1 Å². The zero-order valence-electron chi connectivity index (χ0n) is 8.47. The molecule has 1 N–H and O–H groups in total. The molecule has 1 rings (SSSR count). The van der Waals surface area contributed by atoms with E-state index in [1.54, 1.807) is 31.3 Å². The van der Waals surface area contributed by atoms with Gasteiger partial charge >= 0.3 is 0 Å². The molecule has 2 nitrogen and oxygen atoms in total. The third-order valence-corrected chi connectivity index (χ3v) is 2.00. The first-order valence-corrected chi connectivity index (χ1v) is 4.68. The number of nitrogens with one attached hydrogen (secondary N) is 1. The van der Waals surface area contributed by atoms with Crippen LogP contribution in [-0.2, 0) is 6.42 Å². The van der Waals surface area contributed by atoms with Crippen molar-refractivity contribution in [3.8, 4) is 0 Å². The molecule has 0 radical (unpaired) electrons. The summed E-state index contributed by atoms with van der Waals surface area (Å²) in [6.45, 7) is 0.258. The normalized spacial score (nSPS) is 10.7. The van der Waals surface area contributed by atoms with Crippen LogP contribution in [0.1, 0.15) is 15.9 Å². The van der Waals surface area contributed by atoms with Gasteiger partial charge in [0.15, 0.2) is 5.78 Å². The van der Waals surface area contributed by atoms with Gasteiger partial charge in [0.25, 0.3) is 0 Å². The average Bonchev–Trinajstić information content (AvgIpc) is 2.18. The van der Waals surface area contributed by atoms with E-state index in [2.05, 4.69) is 5.32 Å². The highest BCUT2D eigenvalue weighted by molar-refractivity contribution is 5.97. The molecule has 0 saturated carbocycles. The van der Waals surface area contributed by atoms with Crippen LogP contribution in [-0.4, -0.2) is 25.8 Å². The number of benzene rings is 1. The largest absolute Gasteiger partial charge is 0.313 e. The number of ketones is 1. The number of rotatable bonds is 5. The monoisotopic (exact) mass is 213 g/mol. The van der Waals surface area contributed by atoms with Gasteiger partial charge in [-0.2, -0.15) is 0 Å². The molecule has 15 heavy (non-hydrogen) atoms. The van der Waals surface area contributed by atoms with Gasteiger partial charge in [0.1, 0.15) is 0 Å². The van der Waals surface area contributed by atoms with E-state index < -0.39 is 6.43 Å². The molecule has 0 saturated heterocycles. The lowest BCUT2D eigenvalue weighted by atomic mass is 10.1. The molecular weight excluding hydrogens is 200 g/mol. The topological polar surface area (TPSA) is 29.1 Å². The average molecular weight is 213 g/mol. The van der Waals surface area contributed by atoms with Gasteiger partial charge in [0, 0.05) is 12.0 Å². The summed E-state index contributed by atoms with van der Waals surface area (Å²) < 4.78 is 24.0. The summed E-state index contributed by atoms with van der Waals surface area (Å²) in [5.74, 6) is -0.0407. The molecule has 1 aromatic carbocycles. The minimum absolute atomic E-state index is 0.0407. The van der Waals surface area contributed by atoms with Crippen molar-refractivity contribution in [2.24, 2.45) is 0 Å². The molecule has 0 amide bonds. The molecule has 0 aliphatic carbocycles. The number of halogens is 2. The third kappa shape index (κ3) is 3.75. The minimum atomic E-state index is -2.34. The maximum Gasteiger partial charge on any atom is 0.242 e. The molecule has 0 fully saturated rings. The summed E-state index contributed by atoms with van der Waals surface area (Å²) in [4.78, 5) is 11.4. The maximum absolute atomic E-state index is 12.0. The fraction of sp³-hybridized carbons (Fsp3) is 0.364. The molecule has 0 aromatic heterocycles. The van der Waals surface area contributed by atoms with Crippen LogP contribution in [0.2, 0.25) is 0 Å². The molecule has 0 bridgehead atoms.